The van der Waals surface area contributed by atoms with E-state index in [1.807, 2.05) is 14.0 Å². The van der Waals surface area contributed by atoms with Crippen LogP contribution in [0.15, 0.2) is 4.99 Å². The molecule has 120 valence electrons. The lowest BCUT2D eigenvalue weighted by Crippen LogP contribution is -2.41. The number of nitrogens with one attached hydrogen (secondary N) is 1. The lowest BCUT2D eigenvalue weighted by molar-refractivity contribution is 0.369. The predicted molar refractivity (Wildman–Crippen MR) is 95.2 cm³/mol. The fraction of sp³-hybridized carbons (Fsp3) is 0.714. The van der Waals surface area contributed by atoms with Gasteiger partial charge in [-0.25, -0.2) is 9.67 Å². The Morgan fingerprint density at radius 2 is 2.10 bits per heavy atom. The number of aliphatic imine (C=N–C) groups is 1. The minimum Gasteiger partial charge on any atom is -0.481 e. The molecule has 6 nitrogen and oxygen atoms in total. The first-order valence-electron chi connectivity index (χ1n) is 7.24. The van der Waals surface area contributed by atoms with E-state index >= 15 is 0 Å². The summed E-state index contributed by atoms with van der Waals surface area (Å²) < 4.78 is 7.08. The molecular weight excluding hydrogens is 381 g/mol. The van der Waals surface area contributed by atoms with Crippen LogP contribution >= 0.6 is 24.0 Å². The average Bonchev–Trinajstić information content (AvgIpc) is 2.71. The zero-order valence-electron chi connectivity index (χ0n) is 13.1. The molecule has 0 bridgehead atoms. The number of guanidine groups is 1. The molecule has 0 unspecified atom stereocenters. The highest BCUT2D eigenvalue weighted by atomic mass is 127. The Kier molecular flexibility index (Phi) is 7.27. The van der Waals surface area contributed by atoms with Crippen LogP contribution in [0, 0.1) is 6.92 Å². The monoisotopic (exact) mass is 407 g/mol. The Morgan fingerprint density at radius 1 is 1.43 bits per heavy atom. The molecule has 7 heteroatoms. The number of ether oxygens (including phenoxy) is 1. The molecule has 21 heavy (non-hydrogen) atoms. The molecule has 1 heterocycles. The van der Waals surface area contributed by atoms with Crippen molar-refractivity contribution in [1.29, 1.82) is 0 Å². The number of halogens is 1. The van der Waals surface area contributed by atoms with Gasteiger partial charge in [0.25, 0.3) is 0 Å². The number of methoxy groups -OCH3 is 1. The van der Waals surface area contributed by atoms with Crippen LogP contribution < -0.4 is 15.8 Å². The van der Waals surface area contributed by atoms with E-state index < -0.39 is 0 Å². The third-order valence-electron chi connectivity index (χ3n) is 3.85. The van der Waals surface area contributed by atoms with Crippen molar-refractivity contribution in [1.82, 2.24) is 15.1 Å². The molecule has 1 aromatic rings. The molecule has 0 atom stereocenters. The topological polar surface area (TPSA) is 77.5 Å². The van der Waals surface area contributed by atoms with Gasteiger partial charge in [-0.2, -0.15) is 5.10 Å². The molecule has 2 rings (SSSR count). The van der Waals surface area contributed by atoms with Crippen molar-refractivity contribution in [3.05, 3.63) is 11.3 Å². The third kappa shape index (κ3) is 4.76. The number of aryl methyl sites for hydroxylation is 2. The van der Waals surface area contributed by atoms with Crippen LogP contribution in [-0.4, -0.2) is 28.9 Å². The van der Waals surface area contributed by atoms with Crippen molar-refractivity contribution in [3.63, 3.8) is 0 Å². The lowest BCUT2D eigenvalue weighted by Gasteiger charge is -2.23. The van der Waals surface area contributed by atoms with E-state index in [2.05, 4.69) is 15.4 Å². The van der Waals surface area contributed by atoms with Crippen LogP contribution in [0.25, 0.3) is 0 Å². The zero-order chi connectivity index (χ0) is 14.5. The standard InChI is InChI=1S/C14H25N5O.HI/c1-10-12(13(20-3)19(2)18-10)9-16-14(15)17-11-7-5-4-6-8-11;/h11H,4-9H2,1-3H3,(H3,15,16,17);1H. The van der Waals surface area contributed by atoms with Gasteiger partial charge in [-0.05, 0) is 19.8 Å². The van der Waals surface area contributed by atoms with E-state index in [1.165, 1.54) is 32.1 Å². The van der Waals surface area contributed by atoms with Gasteiger partial charge in [-0.1, -0.05) is 19.3 Å². The average molecular weight is 407 g/mol. The molecule has 3 N–H and O–H groups in total. The third-order valence-corrected chi connectivity index (χ3v) is 3.85. The summed E-state index contributed by atoms with van der Waals surface area (Å²) in [5.74, 6) is 1.26. The van der Waals surface area contributed by atoms with Gasteiger partial charge in [-0.3, -0.25) is 0 Å². The van der Waals surface area contributed by atoms with Gasteiger partial charge >= 0.3 is 0 Å². The maximum Gasteiger partial charge on any atom is 0.216 e. The number of aromatic nitrogens is 2. The molecule has 0 aromatic carbocycles. The first kappa shape index (κ1) is 18.1. The molecule has 1 aliphatic carbocycles. The van der Waals surface area contributed by atoms with Crippen molar-refractivity contribution in [2.24, 2.45) is 17.8 Å². The maximum absolute atomic E-state index is 5.97. The smallest absolute Gasteiger partial charge is 0.216 e. The Labute approximate surface area is 143 Å². The van der Waals surface area contributed by atoms with Crippen LogP contribution in [0.2, 0.25) is 0 Å². The highest BCUT2D eigenvalue weighted by Gasteiger charge is 2.15. The molecule has 1 fully saturated rings. The van der Waals surface area contributed by atoms with Crippen LogP contribution in [-0.2, 0) is 13.6 Å². The number of nitrogens with zero attached hydrogens (tertiary/aromatic N) is 3. The van der Waals surface area contributed by atoms with E-state index in [-0.39, 0.29) is 24.0 Å². The second kappa shape index (κ2) is 8.45. The van der Waals surface area contributed by atoms with E-state index in [9.17, 15) is 0 Å². The van der Waals surface area contributed by atoms with E-state index in [4.69, 9.17) is 10.5 Å². The SMILES string of the molecule is COc1c(CN=C(N)NC2CCCCC2)c(C)nn1C.I. The van der Waals surface area contributed by atoms with Crippen LogP contribution in [0.4, 0.5) is 0 Å². The first-order chi connectivity index (χ1) is 9.61. The molecule has 1 saturated carbocycles. The second-order valence-electron chi connectivity index (χ2n) is 5.38. The molecule has 0 amide bonds. The first-order valence-corrected chi connectivity index (χ1v) is 7.24. The Bertz CT molecular complexity index is 480. The van der Waals surface area contributed by atoms with Crippen molar-refractivity contribution in [3.8, 4) is 5.88 Å². The lowest BCUT2D eigenvalue weighted by atomic mass is 9.96. The van der Waals surface area contributed by atoms with E-state index in [1.54, 1.807) is 11.8 Å². The Hall–Kier alpha value is -0.990. The number of rotatable bonds is 4. The minimum absolute atomic E-state index is 0. The number of nitrogens with two attached hydrogens (primary N) is 1. The fourth-order valence-corrected chi connectivity index (χ4v) is 2.78. The molecule has 0 radical (unpaired) electrons. The van der Waals surface area contributed by atoms with Crippen molar-refractivity contribution < 1.29 is 4.74 Å². The zero-order valence-corrected chi connectivity index (χ0v) is 15.4. The second-order valence-corrected chi connectivity index (χ2v) is 5.38. The Balaban J connectivity index is 0.00000220. The van der Waals surface area contributed by atoms with E-state index in [0.29, 0.717) is 18.5 Å². The number of hydrogen-bond donors (Lipinski definition) is 2. The van der Waals surface area contributed by atoms with Crippen LogP contribution in [0.3, 0.4) is 0 Å². The molecule has 0 saturated heterocycles. The summed E-state index contributed by atoms with van der Waals surface area (Å²) in [6, 6.07) is 0.476. The summed E-state index contributed by atoms with van der Waals surface area (Å²) in [7, 11) is 3.51. The molecule has 0 aliphatic heterocycles. The summed E-state index contributed by atoms with van der Waals surface area (Å²) in [5, 5.41) is 7.65. The predicted octanol–water partition coefficient (Wildman–Crippen LogP) is 2.09. The summed E-state index contributed by atoms with van der Waals surface area (Å²) in [6.07, 6.45) is 6.26. The largest absolute Gasteiger partial charge is 0.481 e. The Morgan fingerprint density at radius 3 is 2.71 bits per heavy atom. The highest BCUT2D eigenvalue weighted by molar-refractivity contribution is 14.0. The van der Waals surface area contributed by atoms with Crippen LogP contribution in [0.1, 0.15) is 43.4 Å². The molecule has 0 spiro atoms. The summed E-state index contributed by atoms with van der Waals surface area (Å²) in [6.45, 7) is 2.45. The quantitative estimate of drug-likeness (QED) is 0.455. The van der Waals surface area contributed by atoms with Gasteiger partial charge in [0.1, 0.15) is 0 Å². The van der Waals surface area contributed by atoms with Crippen molar-refractivity contribution in [2.75, 3.05) is 7.11 Å². The van der Waals surface area contributed by atoms with Gasteiger partial charge in [0.15, 0.2) is 5.96 Å². The summed E-state index contributed by atoms with van der Waals surface area (Å²) in [4.78, 5) is 4.42. The molecule has 1 aromatic heterocycles. The van der Waals surface area contributed by atoms with Crippen molar-refractivity contribution >= 4 is 29.9 Å². The van der Waals surface area contributed by atoms with Gasteiger partial charge in [0.05, 0.1) is 24.9 Å². The van der Waals surface area contributed by atoms with Gasteiger partial charge in [0, 0.05) is 13.1 Å². The number of hydrogen-bond acceptors (Lipinski definition) is 3. The minimum atomic E-state index is 0. The fourth-order valence-electron chi connectivity index (χ4n) is 2.78. The maximum atomic E-state index is 5.97. The highest BCUT2D eigenvalue weighted by Crippen LogP contribution is 2.21. The molecule has 1 aliphatic rings. The van der Waals surface area contributed by atoms with Crippen LogP contribution in [0.5, 0.6) is 5.88 Å². The summed E-state index contributed by atoms with van der Waals surface area (Å²) >= 11 is 0. The van der Waals surface area contributed by atoms with Gasteiger partial charge < -0.3 is 15.8 Å². The molecular formula is C14H26IN5O. The van der Waals surface area contributed by atoms with Crippen molar-refractivity contribution in [2.45, 2.75) is 51.6 Å². The van der Waals surface area contributed by atoms with Gasteiger partial charge in [-0.15, -0.1) is 24.0 Å². The van der Waals surface area contributed by atoms with Gasteiger partial charge in [0.2, 0.25) is 5.88 Å². The normalized spacial score (nSPS) is 16.4. The van der Waals surface area contributed by atoms with E-state index in [0.717, 1.165) is 17.1 Å². The summed E-state index contributed by atoms with van der Waals surface area (Å²) in [5.41, 5.74) is 7.89.